The third kappa shape index (κ3) is 5.33. The summed E-state index contributed by atoms with van der Waals surface area (Å²) in [6.45, 7) is 9.24. The molecule has 0 saturated carbocycles. The minimum atomic E-state index is 0.0410. The van der Waals surface area contributed by atoms with Crippen LogP contribution in [0.25, 0.3) is 0 Å². The van der Waals surface area contributed by atoms with Crippen molar-refractivity contribution >= 4 is 5.96 Å². The monoisotopic (exact) mass is 340 g/mol. The minimum absolute atomic E-state index is 0.0410. The van der Waals surface area contributed by atoms with Crippen LogP contribution in [0.5, 0.6) is 0 Å². The van der Waals surface area contributed by atoms with Gasteiger partial charge in [0.25, 0.3) is 0 Å². The molecule has 2 saturated heterocycles. The molecule has 0 bridgehead atoms. The number of aliphatic hydroxyl groups excluding tert-OH is 1. The Balaban J connectivity index is 1.77. The second-order valence-electron chi connectivity index (χ2n) is 7.51. The summed E-state index contributed by atoms with van der Waals surface area (Å²) in [4.78, 5) is 6.95. The number of aliphatic imine (C=N–C) groups is 1. The van der Waals surface area contributed by atoms with Gasteiger partial charge in [-0.3, -0.25) is 9.89 Å². The van der Waals surface area contributed by atoms with Crippen LogP contribution in [0.1, 0.15) is 46.0 Å². The minimum Gasteiger partial charge on any atom is -0.396 e. The van der Waals surface area contributed by atoms with E-state index in [1.165, 1.54) is 25.8 Å². The first-order valence-corrected chi connectivity index (χ1v) is 9.49. The molecule has 2 fully saturated rings. The maximum Gasteiger partial charge on any atom is 0.191 e. The van der Waals surface area contributed by atoms with Gasteiger partial charge in [0.2, 0.25) is 0 Å². The van der Waals surface area contributed by atoms with Crippen LogP contribution in [0.2, 0.25) is 0 Å². The molecule has 2 aliphatic heterocycles. The van der Waals surface area contributed by atoms with Crippen LogP contribution in [0.3, 0.4) is 0 Å². The van der Waals surface area contributed by atoms with Crippen LogP contribution in [0.4, 0.5) is 0 Å². The maximum atomic E-state index is 9.32. The highest BCUT2D eigenvalue weighted by atomic mass is 16.5. The Labute approximate surface area is 147 Å². The summed E-state index contributed by atoms with van der Waals surface area (Å²) in [6.07, 6.45) is 5.75. The quantitative estimate of drug-likeness (QED) is 0.480. The standard InChI is InChI=1S/C18H36N4O2/c1-15-6-4-5-9-22(15)16(2)12-20-17(19-3)21-13-18(7-10-23)8-11-24-14-18/h15-16,23H,4-14H2,1-3H3,(H2,19,20,21). The van der Waals surface area contributed by atoms with E-state index in [9.17, 15) is 5.11 Å². The molecule has 2 heterocycles. The van der Waals surface area contributed by atoms with E-state index in [0.717, 1.165) is 45.1 Å². The van der Waals surface area contributed by atoms with Gasteiger partial charge in [0, 0.05) is 50.8 Å². The van der Waals surface area contributed by atoms with Gasteiger partial charge in [-0.2, -0.15) is 0 Å². The SMILES string of the molecule is CN=C(NCC(C)N1CCCCC1C)NCC1(CCO)CCOC1. The van der Waals surface area contributed by atoms with E-state index < -0.39 is 0 Å². The first kappa shape index (κ1) is 19.5. The van der Waals surface area contributed by atoms with Crippen molar-refractivity contribution in [1.82, 2.24) is 15.5 Å². The van der Waals surface area contributed by atoms with E-state index in [1.807, 2.05) is 7.05 Å². The molecule has 140 valence electrons. The number of nitrogens with one attached hydrogen (secondary N) is 2. The van der Waals surface area contributed by atoms with Gasteiger partial charge < -0.3 is 20.5 Å². The van der Waals surface area contributed by atoms with Crippen molar-refractivity contribution in [1.29, 1.82) is 0 Å². The number of likely N-dealkylation sites (tertiary alicyclic amines) is 1. The normalized spacial score (nSPS) is 30.3. The fourth-order valence-corrected chi connectivity index (χ4v) is 3.94. The Morgan fingerprint density at radius 3 is 2.88 bits per heavy atom. The van der Waals surface area contributed by atoms with E-state index in [2.05, 4.69) is 34.4 Å². The summed E-state index contributed by atoms with van der Waals surface area (Å²) < 4.78 is 5.55. The lowest BCUT2D eigenvalue weighted by Gasteiger charge is -2.38. The van der Waals surface area contributed by atoms with Gasteiger partial charge in [-0.05, 0) is 46.1 Å². The average Bonchev–Trinajstić information content (AvgIpc) is 3.04. The second-order valence-corrected chi connectivity index (χ2v) is 7.51. The predicted octanol–water partition coefficient (Wildman–Crippen LogP) is 1.20. The first-order chi connectivity index (χ1) is 11.6. The van der Waals surface area contributed by atoms with Crippen LogP contribution in [0, 0.1) is 5.41 Å². The molecule has 0 aromatic rings. The lowest BCUT2D eigenvalue weighted by Crippen LogP contribution is -2.51. The van der Waals surface area contributed by atoms with Crippen LogP contribution < -0.4 is 10.6 Å². The third-order valence-electron chi connectivity index (χ3n) is 5.67. The highest BCUT2D eigenvalue weighted by molar-refractivity contribution is 5.79. The van der Waals surface area contributed by atoms with Crippen molar-refractivity contribution in [3.8, 4) is 0 Å². The molecule has 0 spiro atoms. The third-order valence-corrected chi connectivity index (χ3v) is 5.67. The van der Waals surface area contributed by atoms with E-state index in [0.29, 0.717) is 12.1 Å². The Morgan fingerprint density at radius 2 is 2.25 bits per heavy atom. The molecule has 0 aromatic carbocycles. The van der Waals surface area contributed by atoms with Crippen LogP contribution >= 0.6 is 0 Å². The summed E-state index contributed by atoms with van der Waals surface area (Å²) in [5.41, 5.74) is 0.0410. The van der Waals surface area contributed by atoms with Crippen molar-refractivity contribution in [2.45, 2.75) is 58.0 Å². The van der Waals surface area contributed by atoms with Gasteiger partial charge in [-0.15, -0.1) is 0 Å². The summed E-state index contributed by atoms with van der Waals surface area (Å²) >= 11 is 0. The summed E-state index contributed by atoms with van der Waals surface area (Å²) in [7, 11) is 1.81. The molecular formula is C18H36N4O2. The molecule has 3 N–H and O–H groups in total. The molecular weight excluding hydrogens is 304 g/mol. The summed E-state index contributed by atoms with van der Waals surface area (Å²) in [5.74, 6) is 0.843. The molecule has 0 aromatic heterocycles. The highest BCUT2D eigenvalue weighted by Crippen LogP contribution is 2.31. The summed E-state index contributed by atoms with van der Waals surface area (Å²) in [6, 6.07) is 1.18. The van der Waals surface area contributed by atoms with Crippen LogP contribution in [0.15, 0.2) is 4.99 Å². The van der Waals surface area contributed by atoms with Crippen molar-refractivity contribution in [3.05, 3.63) is 0 Å². The lowest BCUT2D eigenvalue weighted by molar-refractivity contribution is 0.115. The van der Waals surface area contributed by atoms with E-state index in [1.54, 1.807) is 0 Å². The molecule has 6 heteroatoms. The number of hydrogen-bond acceptors (Lipinski definition) is 4. The van der Waals surface area contributed by atoms with E-state index >= 15 is 0 Å². The predicted molar refractivity (Wildman–Crippen MR) is 98.4 cm³/mol. The topological polar surface area (TPSA) is 69.1 Å². The van der Waals surface area contributed by atoms with Gasteiger partial charge in [-0.1, -0.05) is 6.42 Å². The lowest BCUT2D eigenvalue weighted by atomic mass is 9.84. The Bertz CT molecular complexity index is 396. The smallest absolute Gasteiger partial charge is 0.191 e. The molecule has 0 amide bonds. The number of hydrogen-bond donors (Lipinski definition) is 3. The molecule has 0 aliphatic carbocycles. The molecule has 6 nitrogen and oxygen atoms in total. The second kappa shape index (κ2) is 9.59. The zero-order chi connectivity index (χ0) is 17.4. The number of guanidine groups is 1. The summed E-state index contributed by atoms with van der Waals surface area (Å²) in [5, 5.41) is 16.2. The first-order valence-electron chi connectivity index (χ1n) is 9.49. The van der Waals surface area contributed by atoms with Crippen LogP contribution in [-0.2, 0) is 4.74 Å². The van der Waals surface area contributed by atoms with Gasteiger partial charge >= 0.3 is 0 Å². The molecule has 3 atom stereocenters. The number of rotatable bonds is 7. The zero-order valence-corrected chi connectivity index (χ0v) is 15.7. The van der Waals surface area contributed by atoms with E-state index in [-0.39, 0.29) is 12.0 Å². The average molecular weight is 341 g/mol. The number of piperidine rings is 1. The molecule has 2 aliphatic rings. The maximum absolute atomic E-state index is 9.32. The molecule has 0 radical (unpaired) electrons. The largest absolute Gasteiger partial charge is 0.396 e. The van der Waals surface area contributed by atoms with Crippen molar-refractivity contribution < 1.29 is 9.84 Å². The van der Waals surface area contributed by atoms with Gasteiger partial charge in [-0.25, -0.2) is 0 Å². The van der Waals surface area contributed by atoms with Crippen molar-refractivity contribution in [2.75, 3.05) is 46.5 Å². The zero-order valence-electron chi connectivity index (χ0n) is 15.7. The van der Waals surface area contributed by atoms with E-state index in [4.69, 9.17) is 4.74 Å². The Morgan fingerprint density at radius 1 is 1.42 bits per heavy atom. The number of aliphatic hydroxyl groups is 1. The molecule has 3 unspecified atom stereocenters. The van der Waals surface area contributed by atoms with Crippen molar-refractivity contribution in [2.24, 2.45) is 10.4 Å². The Hall–Kier alpha value is -0.850. The molecule has 2 rings (SSSR count). The van der Waals surface area contributed by atoms with Gasteiger partial charge in [0.15, 0.2) is 5.96 Å². The fraction of sp³-hybridized carbons (Fsp3) is 0.944. The van der Waals surface area contributed by atoms with Crippen molar-refractivity contribution in [3.63, 3.8) is 0 Å². The number of nitrogens with zero attached hydrogens (tertiary/aromatic N) is 2. The Kier molecular flexibility index (Phi) is 7.78. The van der Waals surface area contributed by atoms with Crippen LogP contribution in [-0.4, -0.2) is 74.6 Å². The fourth-order valence-electron chi connectivity index (χ4n) is 3.94. The number of ether oxygens (including phenoxy) is 1. The highest BCUT2D eigenvalue weighted by Gasteiger charge is 2.34. The van der Waals surface area contributed by atoms with Gasteiger partial charge in [0.05, 0.1) is 6.61 Å². The molecule has 24 heavy (non-hydrogen) atoms. The van der Waals surface area contributed by atoms with Gasteiger partial charge in [0.1, 0.15) is 0 Å².